The second kappa shape index (κ2) is 6.41. The van der Waals surface area contributed by atoms with Crippen LogP contribution in [0.25, 0.3) is 0 Å². The lowest BCUT2D eigenvalue weighted by molar-refractivity contribution is 0.0816. The lowest BCUT2D eigenvalue weighted by Gasteiger charge is -2.09. The number of carbonyl (C=O) groups is 2. The SMILES string of the molecule is CN1Cc2cc(CNC(=O)Nc3ccc(N)c(Cl)c3)ccc2C1=O. The van der Waals surface area contributed by atoms with Crippen LogP contribution in [0, 0.1) is 0 Å². The maximum absolute atomic E-state index is 12.0. The highest BCUT2D eigenvalue weighted by Gasteiger charge is 2.24. The molecule has 0 radical (unpaired) electrons. The van der Waals surface area contributed by atoms with Gasteiger partial charge in [0.2, 0.25) is 0 Å². The summed E-state index contributed by atoms with van der Waals surface area (Å²) < 4.78 is 0. The molecule has 2 aromatic carbocycles. The molecule has 24 heavy (non-hydrogen) atoms. The lowest BCUT2D eigenvalue weighted by atomic mass is 10.1. The van der Waals surface area contributed by atoms with Crippen molar-refractivity contribution in [2.24, 2.45) is 0 Å². The standard InChI is InChI=1S/C17H17ClN4O2/c1-22-9-11-6-10(2-4-13(11)16(22)23)8-20-17(24)21-12-3-5-15(19)14(18)7-12/h2-7H,8-9,19H2,1H3,(H2,20,21,24). The molecule has 1 heterocycles. The molecule has 0 bridgehead atoms. The van der Waals surface area contributed by atoms with Gasteiger partial charge in [-0.25, -0.2) is 4.79 Å². The Morgan fingerprint density at radius 2 is 2.08 bits per heavy atom. The number of hydrogen-bond donors (Lipinski definition) is 3. The van der Waals surface area contributed by atoms with Crippen molar-refractivity contribution in [3.63, 3.8) is 0 Å². The quantitative estimate of drug-likeness (QED) is 0.748. The molecule has 6 nitrogen and oxygen atoms in total. The predicted octanol–water partition coefficient (Wildman–Crippen LogP) is 2.83. The van der Waals surface area contributed by atoms with Crippen LogP contribution in [0.2, 0.25) is 5.02 Å². The van der Waals surface area contributed by atoms with Gasteiger partial charge in [-0.15, -0.1) is 0 Å². The van der Waals surface area contributed by atoms with Gasteiger partial charge in [0.05, 0.1) is 10.7 Å². The number of nitrogens with one attached hydrogen (secondary N) is 2. The molecule has 0 fully saturated rings. The average molecular weight is 345 g/mol. The Morgan fingerprint density at radius 3 is 2.83 bits per heavy atom. The first-order valence-corrected chi connectivity index (χ1v) is 7.79. The Hall–Kier alpha value is -2.73. The van der Waals surface area contributed by atoms with Gasteiger partial charge in [0.25, 0.3) is 5.91 Å². The summed E-state index contributed by atoms with van der Waals surface area (Å²) in [6, 6.07) is 10.1. The van der Waals surface area contributed by atoms with E-state index in [-0.39, 0.29) is 11.9 Å². The molecule has 3 amide bonds. The highest BCUT2D eigenvalue weighted by atomic mass is 35.5. The van der Waals surface area contributed by atoms with Crippen LogP contribution >= 0.6 is 11.6 Å². The van der Waals surface area contributed by atoms with Gasteiger partial charge in [-0.2, -0.15) is 0 Å². The number of anilines is 2. The van der Waals surface area contributed by atoms with Gasteiger partial charge in [0, 0.05) is 31.4 Å². The predicted molar refractivity (Wildman–Crippen MR) is 94.0 cm³/mol. The first kappa shape index (κ1) is 16.1. The van der Waals surface area contributed by atoms with Crippen molar-refractivity contribution in [1.82, 2.24) is 10.2 Å². The van der Waals surface area contributed by atoms with Crippen LogP contribution in [-0.2, 0) is 13.1 Å². The van der Waals surface area contributed by atoms with Gasteiger partial charge >= 0.3 is 6.03 Å². The number of urea groups is 1. The van der Waals surface area contributed by atoms with E-state index in [1.54, 1.807) is 36.2 Å². The number of nitrogen functional groups attached to an aromatic ring is 1. The maximum Gasteiger partial charge on any atom is 0.319 e. The molecular weight excluding hydrogens is 328 g/mol. The molecule has 0 saturated carbocycles. The first-order valence-electron chi connectivity index (χ1n) is 7.41. The third-order valence-electron chi connectivity index (χ3n) is 3.87. The lowest BCUT2D eigenvalue weighted by Crippen LogP contribution is -2.28. The highest BCUT2D eigenvalue weighted by Crippen LogP contribution is 2.23. The maximum atomic E-state index is 12.0. The van der Waals surface area contributed by atoms with Gasteiger partial charge in [-0.3, -0.25) is 4.79 Å². The van der Waals surface area contributed by atoms with Crippen LogP contribution in [0.15, 0.2) is 36.4 Å². The zero-order valence-corrected chi connectivity index (χ0v) is 13.9. The fourth-order valence-corrected chi connectivity index (χ4v) is 2.77. The molecule has 0 spiro atoms. The fourth-order valence-electron chi connectivity index (χ4n) is 2.59. The summed E-state index contributed by atoms with van der Waals surface area (Å²) >= 11 is 5.92. The van der Waals surface area contributed by atoms with E-state index in [2.05, 4.69) is 10.6 Å². The monoisotopic (exact) mass is 344 g/mol. The van der Waals surface area contributed by atoms with Crippen LogP contribution < -0.4 is 16.4 Å². The Bertz CT molecular complexity index is 822. The Morgan fingerprint density at radius 1 is 1.29 bits per heavy atom. The third kappa shape index (κ3) is 3.28. The number of fused-ring (bicyclic) bond motifs is 1. The van der Waals surface area contributed by atoms with E-state index in [0.717, 1.165) is 16.7 Å². The van der Waals surface area contributed by atoms with E-state index < -0.39 is 0 Å². The zero-order valence-electron chi connectivity index (χ0n) is 13.1. The molecule has 0 atom stereocenters. The number of rotatable bonds is 3. The number of nitrogens with zero attached hydrogens (tertiary/aromatic N) is 1. The molecule has 0 aromatic heterocycles. The Labute approximate surface area is 144 Å². The van der Waals surface area contributed by atoms with Crippen molar-refractivity contribution < 1.29 is 9.59 Å². The van der Waals surface area contributed by atoms with Crippen LogP contribution in [-0.4, -0.2) is 23.9 Å². The Kier molecular flexibility index (Phi) is 4.31. The van der Waals surface area contributed by atoms with Crippen LogP contribution in [0.4, 0.5) is 16.2 Å². The normalized spacial score (nSPS) is 12.9. The molecule has 0 unspecified atom stereocenters. The first-order chi connectivity index (χ1) is 11.4. The topological polar surface area (TPSA) is 87.5 Å². The molecule has 0 aliphatic carbocycles. The number of halogens is 1. The number of amides is 3. The number of nitrogens with two attached hydrogens (primary N) is 1. The minimum absolute atomic E-state index is 0.0301. The summed E-state index contributed by atoms with van der Waals surface area (Å²) in [6.07, 6.45) is 0. The van der Waals surface area contributed by atoms with Crippen LogP contribution in [0.1, 0.15) is 21.5 Å². The molecule has 7 heteroatoms. The van der Waals surface area contributed by atoms with Crippen LogP contribution in [0.3, 0.4) is 0 Å². The third-order valence-corrected chi connectivity index (χ3v) is 4.19. The second-order valence-electron chi connectivity index (χ2n) is 5.70. The summed E-state index contributed by atoms with van der Waals surface area (Å²) in [6.45, 7) is 0.956. The van der Waals surface area contributed by atoms with E-state index in [9.17, 15) is 9.59 Å². The molecular formula is C17H17ClN4O2. The zero-order chi connectivity index (χ0) is 17.3. The van der Waals surface area contributed by atoms with Gasteiger partial charge in [-0.05, 0) is 35.4 Å². The second-order valence-corrected chi connectivity index (χ2v) is 6.10. The van der Waals surface area contributed by atoms with E-state index in [0.29, 0.717) is 29.5 Å². The van der Waals surface area contributed by atoms with Gasteiger partial charge < -0.3 is 21.3 Å². The van der Waals surface area contributed by atoms with Gasteiger partial charge in [0.1, 0.15) is 0 Å². The van der Waals surface area contributed by atoms with Crippen molar-refractivity contribution in [1.29, 1.82) is 0 Å². The largest absolute Gasteiger partial charge is 0.398 e. The summed E-state index contributed by atoms with van der Waals surface area (Å²) in [5.41, 5.74) is 9.29. The van der Waals surface area contributed by atoms with E-state index in [1.807, 2.05) is 12.1 Å². The summed E-state index contributed by atoms with van der Waals surface area (Å²) in [5.74, 6) is 0.0301. The highest BCUT2D eigenvalue weighted by molar-refractivity contribution is 6.33. The minimum atomic E-state index is -0.343. The van der Waals surface area contributed by atoms with Gasteiger partial charge in [-0.1, -0.05) is 23.7 Å². The van der Waals surface area contributed by atoms with E-state index >= 15 is 0 Å². The van der Waals surface area contributed by atoms with Crippen molar-refractivity contribution >= 4 is 34.9 Å². The molecule has 1 aliphatic heterocycles. The molecule has 124 valence electrons. The minimum Gasteiger partial charge on any atom is -0.398 e. The fraction of sp³-hybridized carbons (Fsp3) is 0.176. The molecule has 2 aromatic rings. The van der Waals surface area contributed by atoms with Crippen LogP contribution in [0.5, 0.6) is 0 Å². The summed E-state index contributed by atoms with van der Waals surface area (Å²) in [5, 5.41) is 5.86. The summed E-state index contributed by atoms with van der Waals surface area (Å²) in [4.78, 5) is 25.5. The number of hydrogen-bond acceptors (Lipinski definition) is 3. The van der Waals surface area contributed by atoms with Gasteiger partial charge in [0.15, 0.2) is 0 Å². The molecule has 1 aliphatic rings. The van der Waals surface area contributed by atoms with Crippen molar-refractivity contribution in [2.75, 3.05) is 18.1 Å². The molecule has 4 N–H and O–H groups in total. The number of benzene rings is 2. The van der Waals surface area contributed by atoms with E-state index in [1.165, 1.54) is 0 Å². The molecule has 0 saturated heterocycles. The van der Waals surface area contributed by atoms with Crippen molar-refractivity contribution in [3.05, 3.63) is 58.1 Å². The van der Waals surface area contributed by atoms with Crippen molar-refractivity contribution in [3.8, 4) is 0 Å². The Balaban J connectivity index is 1.60. The average Bonchev–Trinajstić information content (AvgIpc) is 2.83. The number of carbonyl (C=O) groups excluding carboxylic acids is 2. The summed E-state index contributed by atoms with van der Waals surface area (Å²) in [7, 11) is 1.77. The van der Waals surface area contributed by atoms with E-state index in [4.69, 9.17) is 17.3 Å². The smallest absolute Gasteiger partial charge is 0.319 e. The van der Waals surface area contributed by atoms with Crippen molar-refractivity contribution in [2.45, 2.75) is 13.1 Å². The molecule has 3 rings (SSSR count).